The molecule has 0 radical (unpaired) electrons. The van der Waals surface area contributed by atoms with Gasteiger partial charge in [-0.1, -0.05) is 27.7 Å². The topological polar surface area (TPSA) is 188 Å². The molecule has 0 aliphatic rings. The average Bonchev–Trinajstić information content (AvgIpc) is 2.99. The Bertz CT molecular complexity index is 1210. The molecule has 0 aliphatic heterocycles. The second-order valence-corrected chi connectivity index (χ2v) is 14.9. The molecule has 0 aromatic heterocycles. The maximum Gasteiger partial charge on any atom is 0.407 e. The number of primary amides is 1. The number of carbonyl (C=O) groups excluding carboxylic acids is 4. The molecule has 49 heavy (non-hydrogen) atoms. The van der Waals surface area contributed by atoms with Crippen LogP contribution in [0.5, 0.6) is 11.5 Å². The zero-order valence-corrected chi connectivity index (χ0v) is 31.4. The molecule has 0 bridgehead atoms. The zero-order chi connectivity index (χ0) is 37.5. The lowest BCUT2D eigenvalue weighted by molar-refractivity contribution is -0.130. The van der Waals surface area contributed by atoms with Crippen LogP contribution < -0.4 is 31.2 Å². The number of methoxy groups -OCH3 is 2. The Morgan fingerprint density at radius 3 is 2.12 bits per heavy atom. The number of ether oxygens (including phenoxy) is 4. The summed E-state index contributed by atoms with van der Waals surface area (Å²) in [5.74, 6) is -1.24. The number of hydrogen-bond donors (Lipinski definition) is 5. The van der Waals surface area contributed by atoms with Crippen molar-refractivity contribution in [2.24, 2.45) is 34.8 Å². The van der Waals surface area contributed by atoms with Crippen LogP contribution in [0.2, 0.25) is 0 Å². The highest BCUT2D eigenvalue weighted by Crippen LogP contribution is 2.31. The molecule has 0 saturated heterocycles. The number of carbonyl (C=O) groups is 4. The standard InChI is InChI=1S/C36H62N4O9/c1-22(2)24(18-31(42)39-28-19-25(47-11)13-14-30(28)48-16-12-15-46-10)17-27(40-34(45)49-35(5,6)7)29(41)20-26(23(3)4)32(43)38-21-36(8,9)33(37)44/h13-14,19,22-24,26-27,29,41H,12,15-18,20-21H2,1-11H3,(H2,37,44)(H,38,43)(H,39,42)(H,40,45)/t24-,26+,27+,29+/m1/s1. The number of benzene rings is 1. The molecule has 13 nitrogen and oxygen atoms in total. The van der Waals surface area contributed by atoms with Crippen molar-refractivity contribution in [1.82, 2.24) is 10.6 Å². The van der Waals surface area contributed by atoms with E-state index in [1.54, 1.807) is 59.9 Å². The molecule has 0 fully saturated rings. The van der Waals surface area contributed by atoms with Gasteiger partial charge in [0.25, 0.3) is 0 Å². The summed E-state index contributed by atoms with van der Waals surface area (Å²) in [6, 6.07) is 4.32. The number of nitrogens with two attached hydrogens (primary N) is 1. The van der Waals surface area contributed by atoms with E-state index in [1.165, 1.54) is 7.11 Å². The van der Waals surface area contributed by atoms with Crippen molar-refractivity contribution in [3.63, 3.8) is 0 Å². The summed E-state index contributed by atoms with van der Waals surface area (Å²) in [5.41, 5.74) is 4.19. The van der Waals surface area contributed by atoms with Gasteiger partial charge in [0.15, 0.2) is 0 Å². The lowest BCUT2D eigenvalue weighted by Crippen LogP contribution is -2.49. The van der Waals surface area contributed by atoms with Crippen LogP contribution in [-0.2, 0) is 23.9 Å². The van der Waals surface area contributed by atoms with E-state index in [1.807, 2.05) is 27.7 Å². The average molecular weight is 695 g/mol. The SMILES string of the molecule is COCCCOc1ccc(OC)cc1NC(=O)C[C@@H](C[C@H](NC(=O)OC(C)(C)C)[C@@H](O)C[C@H](C(=O)NCC(C)(C)C(N)=O)C(C)C)C(C)C. The van der Waals surface area contributed by atoms with E-state index in [0.29, 0.717) is 36.8 Å². The van der Waals surface area contributed by atoms with Crippen LogP contribution >= 0.6 is 0 Å². The van der Waals surface area contributed by atoms with Gasteiger partial charge in [0, 0.05) is 45.1 Å². The first-order chi connectivity index (χ1) is 22.7. The van der Waals surface area contributed by atoms with Crippen LogP contribution in [0.1, 0.15) is 88.0 Å². The van der Waals surface area contributed by atoms with Gasteiger partial charge in [0.05, 0.1) is 37.0 Å². The second kappa shape index (κ2) is 20.2. The van der Waals surface area contributed by atoms with Gasteiger partial charge in [0.2, 0.25) is 17.7 Å². The van der Waals surface area contributed by atoms with Gasteiger partial charge in [-0.25, -0.2) is 4.79 Å². The van der Waals surface area contributed by atoms with Gasteiger partial charge >= 0.3 is 6.09 Å². The quantitative estimate of drug-likeness (QED) is 0.114. The minimum absolute atomic E-state index is 0.0174. The minimum atomic E-state index is -1.16. The Hall–Kier alpha value is -3.58. The third-order valence-electron chi connectivity index (χ3n) is 8.33. The number of hydrogen-bond acceptors (Lipinski definition) is 9. The van der Waals surface area contributed by atoms with Crippen LogP contribution in [-0.4, -0.2) is 80.6 Å². The van der Waals surface area contributed by atoms with E-state index in [4.69, 9.17) is 24.7 Å². The zero-order valence-electron chi connectivity index (χ0n) is 31.4. The fourth-order valence-corrected chi connectivity index (χ4v) is 5.01. The van der Waals surface area contributed by atoms with Crippen LogP contribution in [0, 0.1) is 29.1 Å². The number of aliphatic hydroxyl groups excluding tert-OH is 1. The molecule has 0 unspecified atom stereocenters. The van der Waals surface area contributed by atoms with Gasteiger partial charge in [-0.15, -0.1) is 0 Å². The molecule has 4 atom stereocenters. The number of alkyl carbamates (subject to hydrolysis) is 1. The van der Waals surface area contributed by atoms with Crippen molar-refractivity contribution in [2.45, 2.75) is 106 Å². The Morgan fingerprint density at radius 1 is 0.939 bits per heavy atom. The molecule has 1 aromatic carbocycles. The molecule has 4 amide bonds. The highest BCUT2D eigenvalue weighted by molar-refractivity contribution is 5.92. The van der Waals surface area contributed by atoms with Crippen molar-refractivity contribution in [3.05, 3.63) is 18.2 Å². The Kier molecular flexibility index (Phi) is 17.9. The first-order valence-corrected chi connectivity index (χ1v) is 17.1. The van der Waals surface area contributed by atoms with E-state index in [-0.39, 0.29) is 55.4 Å². The fraction of sp³-hybridized carbons (Fsp3) is 0.722. The lowest BCUT2D eigenvalue weighted by Gasteiger charge is -2.33. The summed E-state index contributed by atoms with van der Waals surface area (Å²) < 4.78 is 21.8. The maximum absolute atomic E-state index is 13.5. The summed E-state index contributed by atoms with van der Waals surface area (Å²) in [6.07, 6.45) is -0.886. The monoisotopic (exact) mass is 694 g/mol. The smallest absolute Gasteiger partial charge is 0.407 e. The van der Waals surface area contributed by atoms with Gasteiger partial charge in [-0.2, -0.15) is 0 Å². The van der Waals surface area contributed by atoms with E-state index in [9.17, 15) is 24.3 Å². The normalized spacial score (nSPS) is 14.4. The van der Waals surface area contributed by atoms with Gasteiger partial charge < -0.3 is 45.7 Å². The van der Waals surface area contributed by atoms with E-state index >= 15 is 0 Å². The highest BCUT2D eigenvalue weighted by atomic mass is 16.6. The van der Waals surface area contributed by atoms with Crippen molar-refractivity contribution < 1.29 is 43.2 Å². The number of anilines is 1. The molecule has 1 rings (SSSR count). The Morgan fingerprint density at radius 2 is 1.59 bits per heavy atom. The lowest BCUT2D eigenvalue weighted by atomic mass is 9.81. The first-order valence-electron chi connectivity index (χ1n) is 17.1. The van der Waals surface area contributed by atoms with Crippen LogP contribution in [0.4, 0.5) is 10.5 Å². The largest absolute Gasteiger partial charge is 0.497 e. The third kappa shape index (κ3) is 16.1. The number of nitrogens with one attached hydrogen (secondary N) is 3. The summed E-state index contributed by atoms with van der Waals surface area (Å²) >= 11 is 0. The van der Waals surface area contributed by atoms with Crippen LogP contribution in [0.25, 0.3) is 0 Å². The maximum atomic E-state index is 13.5. The minimum Gasteiger partial charge on any atom is -0.497 e. The number of amides is 4. The summed E-state index contributed by atoms with van der Waals surface area (Å²) in [4.78, 5) is 51.5. The fourth-order valence-electron chi connectivity index (χ4n) is 5.01. The predicted octanol–water partition coefficient (Wildman–Crippen LogP) is 4.65. The molecule has 0 saturated carbocycles. The van der Waals surface area contributed by atoms with E-state index in [0.717, 1.165) is 0 Å². The Balaban J connectivity index is 3.24. The number of aliphatic hydroxyl groups is 1. The molecule has 0 heterocycles. The van der Waals surface area contributed by atoms with E-state index < -0.39 is 41.1 Å². The first kappa shape index (κ1) is 43.4. The van der Waals surface area contributed by atoms with Crippen molar-refractivity contribution in [2.75, 3.05) is 39.3 Å². The molecule has 0 spiro atoms. The van der Waals surface area contributed by atoms with Crippen molar-refractivity contribution >= 4 is 29.5 Å². The van der Waals surface area contributed by atoms with Crippen molar-refractivity contribution in [3.8, 4) is 11.5 Å². The van der Waals surface area contributed by atoms with Crippen LogP contribution in [0.3, 0.4) is 0 Å². The Labute approximate surface area is 292 Å². The van der Waals surface area contributed by atoms with Crippen molar-refractivity contribution in [1.29, 1.82) is 0 Å². The van der Waals surface area contributed by atoms with E-state index in [2.05, 4.69) is 16.0 Å². The highest BCUT2D eigenvalue weighted by Gasteiger charge is 2.35. The molecule has 0 aliphatic carbocycles. The van der Waals surface area contributed by atoms with Gasteiger partial charge in [-0.05, 0) is 77.3 Å². The summed E-state index contributed by atoms with van der Waals surface area (Å²) in [6.45, 7) is 17.1. The molecule has 280 valence electrons. The summed E-state index contributed by atoms with van der Waals surface area (Å²) in [7, 11) is 3.15. The molecule has 6 N–H and O–H groups in total. The molecular weight excluding hydrogens is 632 g/mol. The number of rotatable bonds is 21. The van der Waals surface area contributed by atoms with Crippen LogP contribution in [0.15, 0.2) is 18.2 Å². The second-order valence-electron chi connectivity index (χ2n) is 14.9. The molecule has 1 aromatic rings. The molecule has 13 heteroatoms. The summed E-state index contributed by atoms with van der Waals surface area (Å²) in [5, 5.41) is 20.1. The molecular formula is C36H62N4O9. The van der Waals surface area contributed by atoms with Gasteiger partial charge in [-0.3, -0.25) is 14.4 Å². The third-order valence-corrected chi connectivity index (χ3v) is 8.33. The van der Waals surface area contributed by atoms with Gasteiger partial charge in [0.1, 0.15) is 17.1 Å². The predicted molar refractivity (Wildman–Crippen MR) is 189 cm³/mol.